The summed E-state index contributed by atoms with van der Waals surface area (Å²) in [5.74, 6) is 1.11. The number of rotatable bonds is 5. The van der Waals surface area contributed by atoms with Crippen LogP contribution in [0.2, 0.25) is 0 Å². The van der Waals surface area contributed by atoms with E-state index in [1.165, 1.54) is 19.3 Å². The number of aliphatic hydroxyl groups is 1. The first-order valence-electron chi connectivity index (χ1n) is 3.53. The molecular formula is C7H15BrOS. The SMILES string of the molecule is CC(O)=[SH]CCCCCBr. The highest BCUT2D eigenvalue weighted by Gasteiger charge is 1.85. The Morgan fingerprint density at radius 3 is 2.60 bits per heavy atom. The molecule has 1 N–H and O–H groups in total. The van der Waals surface area contributed by atoms with E-state index in [-0.39, 0.29) is 0 Å². The third-order valence-electron chi connectivity index (χ3n) is 1.13. The maximum Gasteiger partial charge on any atom is 0.0663 e. The predicted molar refractivity (Wildman–Crippen MR) is 54.8 cm³/mol. The van der Waals surface area contributed by atoms with Crippen molar-refractivity contribution in [3.63, 3.8) is 0 Å². The van der Waals surface area contributed by atoms with E-state index >= 15 is 0 Å². The summed E-state index contributed by atoms with van der Waals surface area (Å²) in [6.07, 6.45) is 3.75. The van der Waals surface area contributed by atoms with Crippen LogP contribution in [0.4, 0.5) is 0 Å². The van der Waals surface area contributed by atoms with Gasteiger partial charge in [-0.05, 0) is 25.5 Å². The Kier molecular flexibility index (Phi) is 8.28. The summed E-state index contributed by atoms with van der Waals surface area (Å²) in [5.41, 5.74) is 0. The minimum Gasteiger partial charge on any atom is -0.360 e. The van der Waals surface area contributed by atoms with Crippen molar-refractivity contribution >= 4 is 32.3 Å². The second-order valence-corrected chi connectivity index (χ2v) is 4.38. The first-order chi connectivity index (χ1) is 4.77. The van der Waals surface area contributed by atoms with Gasteiger partial charge in [-0.1, -0.05) is 22.4 Å². The molecule has 3 heteroatoms. The highest BCUT2D eigenvalue weighted by atomic mass is 79.9. The van der Waals surface area contributed by atoms with Gasteiger partial charge in [0.25, 0.3) is 0 Å². The van der Waals surface area contributed by atoms with E-state index in [4.69, 9.17) is 5.11 Å². The van der Waals surface area contributed by atoms with Gasteiger partial charge in [0.15, 0.2) is 0 Å². The Hall–Kier alpha value is 0.660. The molecule has 0 aliphatic heterocycles. The molecule has 0 aliphatic carbocycles. The third-order valence-corrected chi connectivity index (χ3v) is 2.69. The lowest BCUT2D eigenvalue weighted by atomic mass is 10.3. The van der Waals surface area contributed by atoms with E-state index in [2.05, 4.69) is 15.9 Å². The van der Waals surface area contributed by atoms with Gasteiger partial charge < -0.3 is 5.11 Å². The van der Waals surface area contributed by atoms with Crippen LogP contribution < -0.4 is 0 Å². The van der Waals surface area contributed by atoms with E-state index in [9.17, 15) is 0 Å². The van der Waals surface area contributed by atoms with Crippen molar-refractivity contribution in [1.29, 1.82) is 0 Å². The van der Waals surface area contributed by atoms with Crippen LogP contribution in [-0.2, 0) is 0 Å². The van der Waals surface area contributed by atoms with Crippen LogP contribution in [-0.4, -0.2) is 21.2 Å². The largest absolute Gasteiger partial charge is 0.360 e. The van der Waals surface area contributed by atoms with Crippen LogP contribution in [0, 0.1) is 0 Å². The van der Waals surface area contributed by atoms with Gasteiger partial charge in [0.05, 0.1) is 5.05 Å². The van der Waals surface area contributed by atoms with Gasteiger partial charge >= 0.3 is 0 Å². The van der Waals surface area contributed by atoms with Crippen LogP contribution in [0.3, 0.4) is 0 Å². The second-order valence-electron chi connectivity index (χ2n) is 2.18. The lowest BCUT2D eigenvalue weighted by Crippen LogP contribution is -1.85. The molecule has 0 fully saturated rings. The molecule has 0 bridgehead atoms. The van der Waals surface area contributed by atoms with E-state index in [0.717, 1.165) is 22.4 Å². The summed E-state index contributed by atoms with van der Waals surface area (Å²) in [4.78, 5) is 0. The van der Waals surface area contributed by atoms with Crippen molar-refractivity contribution in [1.82, 2.24) is 0 Å². The topological polar surface area (TPSA) is 20.2 Å². The summed E-state index contributed by atoms with van der Waals surface area (Å²) in [6.45, 7) is 1.76. The van der Waals surface area contributed by atoms with Crippen molar-refractivity contribution in [2.24, 2.45) is 0 Å². The number of halogens is 1. The molecular weight excluding hydrogens is 212 g/mol. The number of thiol groups is 1. The smallest absolute Gasteiger partial charge is 0.0663 e. The Morgan fingerprint density at radius 2 is 2.10 bits per heavy atom. The second kappa shape index (κ2) is 7.76. The molecule has 0 aromatic heterocycles. The fraction of sp³-hybridized carbons (Fsp3) is 0.857. The lowest BCUT2D eigenvalue weighted by Gasteiger charge is -1.94. The molecule has 0 spiro atoms. The molecule has 0 rings (SSSR count). The highest BCUT2D eigenvalue weighted by Crippen LogP contribution is 2.01. The molecule has 0 aromatic rings. The van der Waals surface area contributed by atoms with Crippen molar-refractivity contribution in [2.75, 3.05) is 11.1 Å². The average molecular weight is 227 g/mol. The van der Waals surface area contributed by atoms with Gasteiger partial charge in [-0.3, -0.25) is 0 Å². The van der Waals surface area contributed by atoms with E-state index < -0.39 is 0 Å². The van der Waals surface area contributed by atoms with Crippen LogP contribution in [0.1, 0.15) is 26.2 Å². The van der Waals surface area contributed by atoms with Crippen molar-refractivity contribution in [3.05, 3.63) is 0 Å². The fourth-order valence-corrected chi connectivity index (χ4v) is 1.73. The molecule has 0 unspecified atom stereocenters. The maximum atomic E-state index is 8.80. The van der Waals surface area contributed by atoms with Gasteiger partial charge in [0.1, 0.15) is 0 Å². The quantitative estimate of drug-likeness (QED) is 0.320. The van der Waals surface area contributed by atoms with Crippen LogP contribution in [0.25, 0.3) is 0 Å². The number of aliphatic hydroxyl groups excluding tert-OH is 1. The molecule has 0 radical (unpaired) electrons. The van der Waals surface area contributed by atoms with Crippen molar-refractivity contribution in [2.45, 2.75) is 26.2 Å². The summed E-state index contributed by atoms with van der Waals surface area (Å²) < 4.78 is 0. The molecule has 0 aliphatic rings. The molecule has 62 valence electrons. The van der Waals surface area contributed by atoms with E-state index in [1.807, 2.05) is 0 Å². The Bertz CT molecular complexity index is 99.8. The lowest BCUT2D eigenvalue weighted by molar-refractivity contribution is 0.564. The van der Waals surface area contributed by atoms with Gasteiger partial charge in [0, 0.05) is 5.33 Å². The first kappa shape index (κ1) is 10.7. The minimum absolute atomic E-state index is 0.541. The first-order valence-corrected chi connectivity index (χ1v) is 5.73. The van der Waals surface area contributed by atoms with Crippen molar-refractivity contribution < 1.29 is 5.11 Å². The zero-order chi connectivity index (χ0) is 7.82. The summed E-state index contributed by atoms with van der Waals surface area (Å²) in [7, 11) is 0. The van der Waals surface area contributed by atoms with Gasteiger partial charge in [-0.2, -0.15) is 11.4 Å². The summed E-state index contributed by atoms with van der Waals surface area (Å²) >= 11 is 4.47. The zero-order valence-corrected chi connectivity index (χ0v) is 8.79. The number of unbranched alkanes of at least 4 members (excludes halogenated alkanes) is 2. The van der Waals surface area contributed by atoms with Gasteiger partial charge in [0.2, 0.25) is 0 Å². The molecule has 0 saturated heterocycles. The predicted octanol–water partition coefficient (Wildman–Crippen LogP) is 2.72. The van der Waals surface area contributed by atoms with E-state index in [1.54, 1.807) is 6.92 Å². The van der Waals surface area contributed by atoms with Gasteiger partial charge in [-0.25, -0.2) is 0 Å². The van der Waals surface area contributed by atoms with Crippen molar-refractivity contribution in [3.8, 4) is 0 Å². The van der Waals surface area contributed by atoms with Crippen LogP contribution in [0.15, 0.2) is 0 Å². The molecule has 0 amide bonds. The molecule has 1 nitrogen and oxygen atoms in total. The fourth-order valence-electron chi connectivity index (χ4n) is 0.624. The van der Waals surface area contributed by atoms with Crippen LogP contribution >= 0.6 is 27.3 Å². The van der Waals surface area contributed by atoms with Crippen LogP contribution in [0.5, 0.6) is 0 Å². The zero-order valence-electron chi connectivity index (χ0n) is 6.31. The third kappa shape index (κ3) is 8.66. The molecule has 0 atom stereocenters. The molecule has 0 saturated carbocycles. The Morgan fingerprint density at radius 1 is 1.40 bits per heavy atom. The van der Waals surface area contributed by atoms with Gasteiger partial charge in [-0.15, -0.1) is 0 Å². The monoisotopic (exact) mass is 226 g/mol. The molecule has 0 heterocycles. The standard InChI is InChI=1S/C7H15BrOS/c1-7(9)10-6-4-2-3-5-8/h9-10H,2-6H2,1H3. The molecule has 0 aromatic carbocycles. The molecule has 10 heavy (non-hydrogen) atoms. The minimum atomic E-state index is 0.541. The summed E-state index contributed by atoms with van der Waals surface area (Å²) in [5, 5.41) is 10.4. The number of alkyl halides is 1. The maximum absolute atomic E-state index is 8.80. The highest BCUT2D eigenvalue weighted by molar-refractivity contribution is 9.09. The normalized spacial score (nSPS) is 12.9. The average Bonchev–Trinajstić information content (AvgIpc) is 1.87. The number of hydrogen-bond donors (Lipinski definition) is 2. The Labute approximate surface area is 74.9 Å². The Balaban J connectivity index is 2.98. The van der Waals surface area contributed by atoms with E-state index in [0.29, 0.717) is 5.05 Å². The summed E-state index contributed by atoms with van der Waals surface area (Å²) in [6, 6.07) is 0. The number of hydrogen-bond acceptors (Lipinski definition) is 0.